The first-order chi connectivity index (χ1) is 12.3. The van der Waals surface area contributed by atoms with Crippen LogP contribution in [0.25, 0.3) is 27.5 Å². The van der Waals surface area contributed by atoms with Gasteiger partial charge in [0.25, 0.3) is 0 Å². The molecule has 0 aliphatic heterocycles. The van der Waals surface area contributed by atoms with Crippen LogP contribution in [0.5, 0.6) is 0 Å². The summed E-state index contributed by atoms with van der Waals surface area (Å²) in [5.74, 6) is -3.80. The van der Waals surface area contributed by atoms with E-state index in [4.69, 9.17) is 0 Å². The third kappa shape index (κ3) is 2.23. The molecule has 0 spiro atoms. The maximum Gasteiger partial charge on any atom is 0.186 e. The van der Waals surface area contributed by atoms with Gasteiger partial charge in [-0.2, -0.15) is 0 Å². The molecule has 26 heavy (non-hydrogen) atoms. The van der Waals surface area contributed by atoms with E-state index in [1.165, 1.54) is 17.6 Å². The van der Waals surface area contributed by atoms with E-state index in [9.17, 15) is 17.6 Å². The average molecular weight is 357 g/mol. The summed E-state index contributed by atoms with van der Waals surface area (Å²) in [5.41, 5.74) is 1.48. The summed E-state index contributed by atoms with van der Waals surface area (Å²) >= 11 is 0. The van der Waals surface area contributed by atoms with E-state index in [0.717, 1.165) is 17.0 Å². The summed E-state index contributed by atoms with van der Waals surface area (Å²) in [7, 11) is 0. The lowest BCUT2D eigenvalue weighted by Gasteiger charge is -2.12. The fourth-order valence-electron chi connectivity index (χ4n) is 3.41. The van der Waals surface area contributed by atoms with Crippen molar-refractivity contribution >= 4 is 21.8 Å². The molecule has 0 bridgehead atoms. The molecule has 0 aliphatic carbocycles. The molecule has 3 aromatic carbocycles. The lowest BCUT2D eigenvalue weighted by molar-refractivity contribution is 0.484. The highest BCUT2D eigenvalue weighted by atomic mass is 19.2. The van der Waals surface area contributed by atoms with Crippen LogP contribution in [0.4, 0.5) is 17.6 Å². The van der Waals surface area contributed by atoms with Gasteiger partial charge in [0, 0.05) is 10.8 Å². The molecule has 4 rings (SSSR count). The Morgan fingerprint density at radius 1 is 0.654 bits per heavy atom. The van der Waals surface area contributed by atoms with Crippen molar-refractivity contribution in [2.45, 2.75) is 20.8 Å². The van der Waals surface area contributed by atoms with E-state index in [2.05, 4.69) is 0 Å². The van der Waals surface area contributed by atoms with Crippen molar-refractivity contribution in [1.29, 1.82) is 0 Å². The van der Waals surface area contributed by atoms with Crippen molar-refractivity contribution < 1.29 is 17.6 Å². The molecule has 0 N–H and O–H groups in total. The first-order valence-corrected chi connectivity index (χ1v) is 8.15. The molecule has 1 heterocycles. The minimum atomic E-state index is -1.29. The van der Waals surface area contributed by atoms with Gasteiger partial charge in [-0.15, -0.1) is 0 Å². The zero-order valence-corrected chi connectivity index (χ0v) is 14.4. The minimum Gasteiger partial charge on any atom is -0.304 e. The fraction of sp³-hybridized carbons (Fsp3) is 0.143. The quantitative estimate of drug-likeness (QED) is 0.280. The summed E-state index contributed by atoms with van der Waals surface area (Å²) in [5, 5.41) is 1.38. The van der Waals surface area contributed by atoms with Gasteiger partial charge in [-0.3, -0.25) is 0 Å². The van der Waals surface area contributed by atoms with Crippen LogP contribution >= 0.6 is 0 Å². The van der Waals surface area contributed by atoms with Crippen molar-refractivity contribution in [3.05, 3.63) is 76.4 Å². The molecule has 0 aliphatic rings. The topological polar surface area (TPSA) is 4.93 Å². The number of nitrogens with zero attached hydrogens (tertiary/aromatic N) is 1. The number of halogens is 4. The largest absolute Gasteiger partial charge is 0.304 e. The number of hydrogen-bond donors (Lipinski definition) is 0. The second kappa shape index (κ2) is 5.59. The van der Waals surface area contributed by atoms with Crippen LogP contribution in [-0.4, -0.2) is 4.57 Å². The number of rotatable bonds is 1. The molecule has 0 fully saturated rings. The van der Waals surface area contributed by atoms with Crippen molar-refractivity contribution in [1.82, 2.24) is 4.57 Å². The molecule has 132 valence electrons. The van der Waals surface area contributed by atoms with Crippen LogP contribution in [0.3, 0.4) is 0 Å². The molecule has 1 aromatic heterocycles. The van der Waals surface area contributed by atoms with Gasteiger partial charge in [0.1, 0.15) is 11.5 Å². The molecule has 0 saturated carbocycles. The van der Waals surface area contributed by atoms with E-state index < -0.39 is 29.0 Å². The fourth-order valence-corrected chi connectivity index (χ4v) is 3.41. The molecule has 0 amide bonds. The third-order valence-corrected chi connectivity index (χ3v) is 4.74. The van der Waals surface area contributed by atoms with Crippen LogP contribution in [0.2, 0.25) is 0 Å². The van der Waals surface area contributed by atoms with E-state index in [-0.39, 0.29) is 11.1 Å². The summed E-state index contributed by atoms with van der Waals surface area (Å²) in [4.78, 5) is 0. The lowest BCUT2D eigenvalue weighted by Crippen LogP contribution is -2.05. The van der Waals surface area contributed by atoms with Gasteiger partial charge in [0.15, 0.2) is 17.5 Å². The number of aromatic nitrogens is 1. The summed E-state index contributed by atoms with van der Waals surface area (Å²) in [6.07, 6.45) is 0. The van der Waals surface area contributed by atoms with Crippen molar-refractivity contribution in [2.75, 3.05) is 0 Å². The molecule has 0 unspecified atom stereocenters. The monoisotopic (exact) mass is 357 g/mol. The first-order valence-electron chi connectivity index (χ1n) is 8.15. The number of fused-ring (bicyclic) bond motifs is 3. The normalized spacial score (nSPS) is 11.7. The molecule has 0 atom stereocenters. The third-order valence-electron chi connectivity index (χ3n) is 4.74. The van der Waals surface area contributed by atoms with Crippen LogP contribution in [0.15, 0.2) is 36.4 Å². The van der Waals surface area contributed by atoms with Gasteiger partial charge in [0.2, 0.25) is 0 Å². The number of hydrogen-bond acceptors (Lipinski definition) is 0. The Labute approximate surface area is 147 Å². The standard InChI is InChI=1S/C21H15F4N/c1-10-4-5-17-13(6-10)14-7-11(2)15(22)9-18(14)26(17)21-16(23)8-12(3)19(24)20(21)25/h4-9H,1-3H3. The van der Waals surface area contributed by atoms with Gasteiger partial charge in [-0.1, -0.05) is 11.6 Å². The molecule has 4 aromatic rings. The van der Waals surface area contributed by atoms with Gasteiger partial charge in [-0.05, 0) is 62.2 Å². The number of benzene rings is 3. The van der Waals surface area contributed by atoms with E-state index >= 15 is 0 Å². The maximum atomic E-state index is 14.7. The SMILES string of the molecule is Cc1ccc2c(c1)c1cc(C)c(F)cc1n2-c1c(F)cc(C)c(F)c1F. The Morgan fingerprint density at radius 3 is 2.08 bits per heavy atom. The average Bonchev–Trinajstić information content (AvgIpc) is 2.87. The molecule has 0 radical (unpaired) electrons. The minimum absolute atomic E-state index is 0.123. The molecule has 5 heteroatoms. The van der Waals surface area contributed by atoms with Crippen LogP contribution in [0, 0.1) is 44.0 Å². The highest BCUT2D eigenvalue weighted by Gasteiger charge is 2.23. The Bertz CT molecular complexity index is 1200. The summed E-state index contributed by atoms with van der Waals surface area (Å²) in [6, 6.07) is 9.19. The molecular formula is C21H15F4N. The Kier molecular flexibility index (Phi) is 3.58. The summed E-state index contributed by atoms with van der Waals surface area (Å²) < 4.78 is 58.9. The Morgan fingerprint density at radius 2 is 1.35 bits per heavy atom. The van der Waals surface area contributed by atoms with Gasteiger partial charge in [0.05, 0.1) is 11.0 Å². The smallest absolute Gasteiger partial charge is 0.186 e. The predicted octanol–water partition coefficient (Wildman–Crippen LogP) is 6.27. The van der Waals surface area contributed by atoms with Crippen LogP contribution in [-0.2, 0) is 0 Å². The predicted molar refractivity (Wildman–Crippen MR) is 94.8 cm³/mol. The van der Waals surface area contributed by atoms with Crippen molar-refractivity contribution in [3.8, 4) is 5.69 Å². The van der Waals surface area contributed by atoms with Gasteiger partial charge in [-0.25, -0.2) is 17.6 Å². The number of aryl methyl sites for hydroxylation is 3. The van der Waals surface area contributed by atoms with Gasteiger partial charge >= 0.3 is 0 Å². The Balaban J connectivity index is 2.26. The van der Waals surface area contributed by atoms with Crippen molar-refractivity contribution in [3.63, 3.8) is 0 Å². The zero-order chi connectivity index (χ0) is 18.7. The highest BCUT2D eigenvalue weighted by Crippen LogP contribution is 2.36. The second-order valence-corrected chi connectivity index (χ2v) is 6.63. The van der Waals surface area contributed by atoms with E-state index in [1.54, 1.807) is 25.1 Å². The molecule has 1 nitrogen and oxygen atoms in total. The lowest BCUT2D eigenvalue weighted by atomic mass is 10.1. The van der Waals surface area contributed by atoms with Crippen LogP contribution < -0.4 is 0 Å². The molecular weight excluding hydrogens is 342 g/mol. The summed E-state index contributed by atoms with van der Waals surface area (Å²) in [6.45, 7) is 4.82. The first kappa shape index (κ1) is 16.6. The van der Waals surface area contributed by atoms with E-state index in [0.29, 0.717) is 16.5 Å². The Hall–Kier alpha value is -2.82. The van der Waals surface area contributed by atoms with Crippen LogP contribution in [0.1, 0.15) is 16.7 Å². The zero-order valence-electron chi connectivity index (χ0n) is 14.4. The second-order valence-electron chi connectivity index (χ2n) is 6.63. The highest BCUT2D eigenvalue weighted by molar-refractivity contribution is 6.09. The van der Waals surface area contributed by atoms with E-state index in [1.807, 2.05) is 13.0 Å². The van der Waals surface area contributed by atoms with Gasteiger partial charge < -0.3 is 4.57 Å². The van der Waals surface area contributed by atoms with Crippen molar-refractivity contribution in [2.24, 2.45) is 0 Å². The maximum absolute atomic E-state index is 14.7. The molecule has 0 saturated heterocycles.